The van der Waals surface area contributed by atoms with Gasteiger partial charge in [0.15, 0.2) is 0 Å². The molecule has 1 atom stereocenters. The van der Waals surface area contributed by atoms with Gasteiger partial charge < -0.3 is 9.26 Å². The summed E-state index contributed by atoms with van der Waals surface area (Å²) in [5.41, 5.74) is 1.37. The lowest BCUT2D eigenvalue weighted by atomic mass is 10.0. The van der Waals surface area contributed by atoms with E-state index in [1.54, 1.807) is 48.5 Å². The summed E-state index contributed by atoms with van der Waals surface area (Å²) in [5.74, 6) is 0.990. The molecule has 3 aromatic rings. The molecule has 1 aliphatic rings. The summed E-state index contributed by atoms with van der Waals surface area (Å²) in [6.07, 6.45) is 0. The quantitative estimate of drug-likeness (QED) is 0.653. The van der Waals surface area contributed by atoms with Gasteiger partial charge in [0.1, 0.15) is 11.5 Å². The van der Waals surface area contributed by atoms with Crippen LogP contribution in [-0.4, -0.2) is 12.6 Å². The topological polar surface area (TPSA) is 52.6 Å². The molecule has 0 bridgehead atoms. The van der Waals surface area contributed by atoms with Crippen LogP contribution in [0.4, 0.5) is 0 Å². The predicted molar refractivity (Wildman–Crippen MR) is 97.1 cm³/mol. The molecule has 3 aromatic carbocycles. The fourth-order valence-corrected chi connectivity index (χ4v) is 5.10. The zero-order valence-electron chi connectivity index (χ0n) is 13.5. The van der Waals surface area contributed by atoms with Gasteiger partial charge in [-0.2, -0.15) is 0 Å². The van der Waals surface area contributed by atoms with E-state index in [9.17, 15) is 9.36 Å². The molecule has 0 spiro atoms. The molecule has 1 heterocycles. The Bertz CT molecular complexity index is 1030. The van der Waals surface area contributed by atoms with Gasteiger partial charge in [-0.3, -0.25) is 9.36 Å². The second-order valence-corrected chi connectivity index (χ2v) is 7.87. The second kappa shape index (κ2) is 5.91. The van der Waals surface area contributed by atoms with E-state index < -0.39 is 12.9 Å². The van der Waals surface area contributed by atoms with Crippen LogP contribution in [0.3, 0.4) is 0 Å². The first-order valence-corrected chi connectivity index (χ1v) is 9.43. The zero-order valence-corrected chi connectivity index (χ0v) is 14.4. The van der Waals surface area contributed by atoms with Crippen LogP contribution in [-0.2, 0) is 4.57 Å². The minimum atomic E-state index is -3.77. The van der Waals surface area contributed by atoms with Crippen molar-refractivity contribution in [1.29, 1.82) is 0 Å². The van der Waals surface area contributed by atoms with Crippen molar-refractivity contribution in [3.63, 3.8) is 0 Å². The average Bonchev–Trinajstić information content (AvgIpc) is 2.67. The highest BCUT2D eigenvalue weighted by atomic mass is 31.2. The van der Waals surface area contributed by atoms with Gasteiger partial charge in [0.2, 0.25) is 0 Å². The second-order valence-electron chi connectivity index (χ2n) is 5.69. The summed E-state index contributed by atoms with van der Waals surface area (Å²) in [4.78, 5) is 13.1. The Labute approximate surface area is 145 Å². The molecule has 0 saturated carbocycles. The summed E-state index contributed by atoms with van der Waals surface area (Å²) in [6, 6.07) is 21.1. The molecular formula is C20H15O4P. The number of hydrogen-bond acceptors (Lipinski definition) is 4. The third kappa shape index (κ3) is 2.46. The Hall–Kier alpha value is -2.84. The molecule has 0 aliphatic carbocycles. The van der Waals surface area contributed by atoms with Gasteiger partial charge in [-0.1, -0.05) is 48.5 Å². The molecule has 0 N–H and O–H groups in total. The van der Waals surface area contributed by atoms with Gasteiger partial charge in [0, 0.05) is 11.1 Å². The number of hydrogen-bond donors (Lipinski definition) is 0. The lowest BCUT2D eigenvalue weighted by molar-refractivity contribution is 0.106. The van der Waals surface area contributed by atoms with Crippen molar-refractivity contribution in [2.45, 2.75) is 0 Å². The van der Waals surface area contributed by atoms with Crippen molar-refractivity contribution in [1.82, 2.24) is 0 Å². The first-order chi connectivity index (χ1) is 12.1. The van der Waals surface area contributed by atoms with Crippen LogP contribution < -0.4 is 14.6 Å². The maximum atomic E-state index is 13.7. The van der Waals surface area contributed by atoms with Gasteiger partial charge >= 0.3 is 7.37 Å². The highest BCUT2D eigenvalue weighted by molar-refractivity contribution is 7.84. The van der Waals surface area contributed by atoms with E-state index in [-0.39, 0.29) is 0 Å². The van der Waals surface area contributed by atoms with Crippen LogP contribution in [0.2, 0.25) is 0 Å². The number of methoxy groups -OCH3 is 1. The largest absolute Gasteiger partial charge is 0.497 e. The van der Waals surface area contributed by atoms with Crippen LogP contribution >= 0.6 is 7.37 Å². The summed E-state index contributed by atoms with van der Waals surface area (Å²) < 4.78 is 24.7. The van der Waals surface area contributed by atoms with Gasteiger partial charge in [-0.15, -0.1) is 0 Å². The average molecular weight is 350 g/mol. The number of para-hydroxylation sites is 1. The Morgan fingerprint density at radius 1 is 0.920 bits per heavy atom. The zero-order chi connectivity index (χ0) is 17.4. The molecule has 5 heteroatoms. The molecule has 0 saturated heterocycles. The van der Waals surface area contributed by atoms with Crippen molar-refractivity contribution in [2.75, 3.05) is 7.11 Å². The van der Waals surface area contributed by atoms with Crippen LogP contribution in [0, 0.1) is 0 Å². The SMILES string of the molecule is COc1cccc(C(=O)P2(=O)Oc3ccccc3-c3ccccc32)c1. The Morgan fingerprint density at radius 3 is 2.44 bits per heavy atom. The highest BCUT2D eigenvalue weighted by Crippen LogP contribution is 2.56. The normalized spacial score (nSPS) is 17.8. The van der Waals surface area contributed by atoms with E-state index in [0.717, 1.165) is 11.1 Å². The van der Waals surface area contributed by atoms with Gasteiger partial charge in [-0.05, 0) is 29.8 Å². The van der Waals surface area contributed by atoms with Gasteiger partial charge in [0.05, 0.1) is 12.4 Å². The molecule has 1 unspecified atom stereocenters. The summed E-state index contributed by atoms with van der Waals surface area (Å²) in [7, 11) is -2.25. The fourth-order valence-electron chi connectivity index (χ4n) is 2.99. The van der Waals surface area contributed by atoms with Crippen LogP contribution in [0.15, 0.2) is 72.8 Å². The maximum Gasteiger partial charge on any atom is 0.347 e. The Morgan fingerprint density at radius 2 is 1.64 bits per heavy atom. The number of carbonyl (C=O) groups is 1. The minimum Gasteiger partial charge on any atom is -0.497 e. The van der Waals surface area contributed by atoms with Gasteiger partial charge in [-0.25, -0.2) is 0 Å². The molecule has 25 heavy (non-hydrogen) atoms. The Balaban J connectivity index is 1.90. The lowest BCUT2D eigenvalue weighted by Gasteiger charge is -2.27. The molecule has 0 radical (unpaired) electrons. The molecule has 4 rings (SSSR count). The van der Waals surface area contributed by atoms with E-state index in [1.807, 2.05) is 24.3 Å². The van der Waals surface area contributed by atoms with E-state index in [1.165, 1.54) is 7.11 Å². The molecule has 0 aromatic heterocycles. The third-order valence-corrected chi connectivity index (χ3v) is 6.48. The third-order valence-electron chi connectivity index (χ3n) is 4.21. The van der Waals surface area contributed by atoms with Crippen LogP contribution in [0.5, 0.6) is 11.5 Å². The van der Waals surface area contributed by atoms with E-state index in [2.05, 4.69) is 0 Å². The summed E-state index contributed by atoms with van der Waals surface area (Å²) >= 11 is 0. The van der Waals surface area contributed by atoms with Crippen LogP contribution in [0.25, 0.3) is 11.1 Å². The maximum absolute atomic E-state index is 13.7. The molecule has 0 amide bonds. The number of benzene rings is 3. The number of carbonyl (C=O) groups excluding carboxylic acids is 1. The van der Waals surface area contributed by atoms with Gasteiger partial charge in [0.25, 0.3) is 5.52 Å². The molecular weight excluding hydrogens is 335 g/mol. The highest BCUT2D eigenvalue weighted by Gasteiger charge is 2.43. The molecule has 0 fully saturated rings. The van der Waals surface area contributed by atoms with E-state index in [0.29, 0.717) is 22.4 Å². The number of ether oxygens (including phenoxy) is 1. The van der Waals surface area contributed by atoms with Crippen LogP contribution in [0.1, 0.15) is 10.4 Å². The molecule has 124 valence electrons. The smallest absolute Gasteiger partial charge is 0.347 e. The summed E-state index contributed by atoms with van der Waals surface area (Å²) in [6.45, 7) is 0. The molecule has 4 nitrogen and oxygen atoms in total. The monoisotopic (exact) mass is 350 g/mol. The van der Waals surface area contributed by atoms with Crippen molar-refractivity contribution in [3.05, 3.63) is 78.4 Å². The lowest BCUT2D eigenvalue weighted by Crippen LogP contribution is -2.23. The molecule has 1 aliphatic heterocycles. The first-order valence-electron chi connectivity index (χ1n) is 7.81. The predicted octanol–water partition coefficient (Wildman–Crippen LogP) is 4.50. The minimum absolute atomic E-state index is 0.303. The van der Waals surface area contributed by atoms with E-state index in [4.69, 9.17) is 9.26 Å². The van der Waals surface area contributed by atoms with Crippen molar-refractivity contribution in [2.24, 2.45) is 0 Å². The standard InChI is InChI=1S/C20H15O4P/c1-23-15-8-6-7-14(13-15)20(21)25(22)19-12-5-3-10-17(19)16-9-2-4-11-18(16)24-25/h2-13H,1H3. The van der Waals surface area contributed by atoms with Crippen molar-refractivity contribution < 1.29 is 18.6 Å². The fraction of sp³-hybridized carbons (Fsp3) is 0.0500. The van der Waals surface area contributed by atoms with Crippen molar-refractivity contribution >= 4 is 18.2 Å². The summed E-state index contributed by atoms with van der Waals surface area (Å²) in [5, 5.41) is 0.432. The van der Waals surface area contributed by atoms with E-state index >= 15 is 0 Å². The first kappa shape index (κ1) is 15.7. The van der Waals surface area contributed by atoms with Crippen molar-refractivity contribution in [3.8, 4) is 22.6 Å². The Kier molecular flexibility index (Phi) is 3.70. The number of fused-ring (bicyclic) bond motifs is 3. The number of rotatable bonds is 3.